The number of fused-ring (bicyclic) bond motifs is 1. The van der Waals surface area contributed by atoms with Gasteiger partial charge < -0.3 is 4.90 Å². The van der Waals surface area contributed by atoms with Crippen molar-refractivity contribution in [1.82, 2.24) is 0 Å². The Kier molecular flexibility index (Phi) is 6.87. The third-order valence-electron chi connectivity index (χ3n) is 3.97. The maximum atomic E-state index is 12.7. The van der Waals surface area contributed by atoms with Gasteiger partial charge >= 0.3 is 0 Å². The van der Waals surface area contributed by atoms with Crippen LogP contribution in [0.1, 0.15) is 26.2 Å². The van der Waals surface area contributed by atoms with Gasteiger partial charge in [-0.1, -0.05) is 31.9 Å². The smallest absolute Gasteiger partial charge is 0.271 e. The molecule has 0 saturated heterocycles. The number of alkyl halides is 2. The summed E-state index contributed by atoms with van der Waals surface area (Å²) in [6.07, 6.45) is 0.201. The number of halogens is 2. The van der Waals surface area contributed by atoms with Crippen LogP contribution in [0.5, 0.6) is 0 Å². The summed E-state index contributed by atoms with van der Waals surface area (Å²) < 4.78 is 0. The average molecular weight is 491 g/mol. The van der Waals surface area contributed by atoms with Crippen LogP contribution in [0, 0.1) is 10.1 Å². The quantitative estimate of drug-likeness (QED) is 0.358. The first-order chi connectivity index (χ1) is 12.3. The number of nitrogens with zero attached hydrogens (tertiary/aromatic N) is 3. The molecule has 1 aliphatic rings. The highest BCUT2D eigenvalue weighted by Crippen LogP contribution is 2.38. The Morgan fingerprint density at radius 1 is 1.19 bits per heavy atom. The van der Waals surface area contributed by atoms with Crippen LogP contribution in [0.15, 0.2) is 18.2 Å². The molecule has 0 radical (unpaired) electrons. The van der Waals surface area contributed by atoms with Crippen molar-refractivity contribution in [3.8, 4) is 0 Å². The molecule has 26 heavy (non-hydrogen) atoms. The summed E-state index contributed by atoms with van der Waals surface area (Å²) >= 11 is 6.39. The summed E-state index contributed by atoms with van der Waals surface area (Å²) in [6, 6.07) is 3.29. The second-order valence-electron chi connectivity index (χ2n) is 5.75. The minimum absolute atomic E-state index is 0.0511. The van der Waals surface area contributed by atoms with Crippen LogP contribution in [-0.2, 0) is 14.4 Å². The van der Waals surface area contributed by atoms with Crippen molar-refractivity contribution >= 4 is 66.6 Å². The lowest BCUT2D eigenvalue weighted by atomic mass is 10.1. The Labute approximate surface area is 166 Å². The number of anilines is 2. The molecule has 1 heterocycles. The van der Waals surface area contributed by atoms with E-state index >= 15 is 0 Å². The molecule has 8 nitrogen and oxygen atoms in total. The van der Waals surface area contributed by atoms with E-state index in [2.05, 4.69) is 31.9 Å². The highest BCUT2D eigenvalue weighted by Gasteiger charge is 2.37. The molecule has 0 spiro atoms. The summed E-state index contributed by atoms with van der Waals surface area (Å²) in [6.45, 7) is 1.69. The minimum Gasteiger partial charge on any atom is -0.307 e. The fourth-order valence-corrected chi connectivity index (χ4v) is 3.54. The molecule has 0 saturated carbocycles. The van der Waals surface area contributed by atoms with E-state index in [4.69, 9.17) is 0 Å². The molecule has 3 amide bonds. The van der Waals surface area contributed by atoms with Crippen LogP contribution in [0.2, 0.25) is 0 Å². The lowest BCUT2D eigenvalue weighted by Gasteiger charge is -2.28. The minimum atomic E-state index is -0.574. The monoisotopic (exact) mass is 489 g/mol. The number of nitro benzene ring substituents is 1. The normalized spacial score (nSPS) is 16.9. The van der Waals surface area contributed by atoms with Gasteiger partial charge in [0.2, 0.25) is 17.7 Å². The topological polar surface area (TPSA) is 101 Å². The number of carbonyl (C=O) groups excluding carboxylic acids is 3. The number of imide groups is 1. The predicted octanol–water partition coefficient (Wildman–Crippen LogP) is 3.15. The molecule has 0 aromatic heterocycles. The maximum Gasteiger partial charge on any atom is 0.271 e. The van der Waals surface area contributed by atoms with Gasteiger partial charge in [0.15, 0.2) is 0 Å². The molecule has 0 bridgehead atoms. The molecule has 1 unspecified atom stereocenters. The number of rotatable bonds is 5. The molecule has 2 rings (SSSR count). The highest BCUT2D eigenvalue weighted by atomic mass is 79.9. The Bertz CT molecular complexity index is 755. The van der Waals surface area contributed by atoms with Crippen molar-refractivity contribution in [3.05, 3.63) is 28.3 Å². The summed E-state index contributed by atoms with van der Waals surface area (Å²) in [5.74, 6) is -1.14. The summed E-state index contributed by atoms with van der Waals surface area (Å²) in [5, 5.41) is 12.0. The van der Waals surface area contributed by atoms with E-state index in [1.165, 1.54) is 23.1 Å². The molecular formula is C16H17Br2N3O5. The standard InChI is InChI=1S/C16H17Br2N3O5/c1-10-8-16(24)20(15(23)5-7-18)12-3-2-11(21(25)26)9-13(12)19(10)14(22)4-6-17/h2-3,9-10H,4-8H2,1H3. The van der Waals surface area contributed by atoms with E-state index in [0.29, 0.717) is 10.7 Å². The highest BCUT2D eigenvalue weighted by molar-refractivity contribution is 9.09. The summed E-state index contributed by atoms with van der Waals surface area (Å²) in [7, 11) is 0. The first kappa shape index (κ1) is 20.5. The third kappa shape index (κ3) is 4.12. The van der Waals surface area contributed by atoms with Crippen molar-refractivity contribution in [2.24, 2.45) is 0 Å². The second kappa shape index (κ2) is 8.72. The number of benzene rings is 1. The first-order valence-corrected chi connectivity index (χ1v) is 10.1. The van der Waals surface area contributed by atoms with E-state index in [1.807, 2.05) is 0 Å². The summed E-state index contributed by atoms with van der Waals surface area (Å²) in [4.78, 5) is 50.8. The van der Waals surface area contributed by atoms with E-state index in [0.717, 1.165) is 4.90 Å². The zero-order valence-corrected chi connectivity index (χ0v) is 17.2. The number of amides is 3. The molecule has 1 aliphatic heterocycles. The second-order valence-corrected chi connectivity index (χ2v) is 7.33. The third-order valence-corrected chi connectivity index (χ3v) is 4.76. The maximum absolute atomic E-state index is 12.7. The zero-order chi connectivity index (χ0) is 19.4. The fourth-order valence-electron chi connectivity index (χ4n) is 2.86. The van der Waals surface area contributed by atoms with E-state index in [9.17, 15) is 24.5 Å². The van der Waals surface area contributed by atoms with Gasteiger partial charge in [-0.15, -0.1) is 0 Å². The molecule has 1 atom stereocenters. The van der Waals surface area contributed by atoms with Crippen molar-refractivity contribution in [2.45, 2.75) is 32.2 Å². The molecule has 0 aliphatic carbocycles. The van der Waals surface area contributed by atoms with E-state index in [1.54, 1.807) is 6.92 Å². The van der Waals surface area contributed by atoms with Gasteiger partial charge in [-0.2, -0.15) is 0 Å². The molecule has 1 aromatic carbocycles. The number of hydrogen-bond donors (Lipinski definition) is 0. The van der Waals surface area contributed by atoms with E-state index in [-0.39, 0.29) is 42.2 Å². The van der Waals surface area contributed by atoms with Gasteiger partial charge in [-0.3, -0.25) is 24.5 Å². The largest absolute Gasteiger partial charge is 0.307 e. The Balaban J connectivity index is 2.67. The molecule has 0 N–H and O–H groups in total. The average Bonchev–Trinajstić information content (AvgIpc) is 2.67. The van der Waals surface area contributed by atoms with Crippen LogP contribution in [0.4, 0.5) is 17.1 Å². The van der Waals surface area contributed by atoms with Crippen molar-refractivity contribution in [3.63, 3.8) is 0 Å². The van der Waals surface area contributed by atoms with Gasteiger partial charge in [0.05, 0.1) is 16.3 Å². The molecule has 1 aromatic rings. The lowest BCUT2D eigenvalue weighted by molar-refractivity contribution is -0.384. The van der Waals surface area contributed by atoms with Crippen molar-refractivity contribution in [1.29, 1.82) is 0 Å². The molecule has 0 fully saturated rings. The number of non-ortho nitro benzene ring substituents is 1. The van der Waals surface area contributed by atoms with Crippen LogP contribution in [0.25, 0.3) is 0 Å². The Hall–Kier alpha value is -1.81. The molecule has 10 heteroatoms. The number of hydrogen-bond acceptors (Lipinski definition) is 5. The first-order valence-electron chi connectivity index (χ1n) is 7.90. The van der Waals surface area contributed by atoms with Crippen LogP contribution < -0.4 is 9.80 Å². The Morgan fingerprint density at radius 2 is 1.81 bits per heavy atom. The van der Waals surface area contributed by atoms with Gasteiger partial charge in [-0.25, -0.2) is 4.90 Å². The van der Waals surface area contributed by atoms with Gasteiger partial charge in [0, 0.05) is 48.1 Å². The van der Waals surface area contributed by atoms with Crippen molar-refractivity contribution < 1.29 is 19.3 Å². The van der Waals surface area contributed by atoms with Gasteiger partial charge in [0.1, 0.15) is 0 Å². The fraction of sp³-hybridized carbons (Fsp3) is 0.438. The summed E-state index contributed by atoms with van der Waals surface area (Å²) in [5.41, 5.74) is 0.181. The van der Waals surface area contributed by atoms with Crippen molar-refractivity contribution in [2.75, 3.05) is 20.5 Å². The van der Waals surface area contributed by atoms with Gasteiger partial charge in [0.25, 0.3) is 5.69 Å². The predicted molar refractivity (Wildman–Crippen MR) is 104 cm³/mol. The van der Waals surface area contributed by atoms with Gasteiger partial charge in [-0.05, 0) is 13.0 Å². The zero-order valence-electron chi connectivity index (χ0n) is 14.0. The molecule has 140 valence electrons. The number of carbonyl (C=O) groups is 3. The van der Waals surface area contributed by atoms with Crippen LogP contribution in [-0.4, -0.2) is 39.3 Å². The SMILES string of the molecule is CC1CC(=O)N(C(=O)CCBr)c2ccc([N+](=O)[O-])cc2N1C(=O)CCBr. The Morgan fingerprint density at radius 3 is 2.38 bits per heavy atom. The van der Waals surface area contributed by atoms with Crippen LogP contribution >= 0.6 is 31.9 Å². The lowest BCUT2D eigenvalue weighted by Crippen LogP contribution is -2.40. The molecular weight excluding hydrogens is 474 g/mol. The van der Waals surface area contributed by atoms with E-state index < -0.39 is 22.8 Å². The van der Waals surface area contributed by atoms with Crippen LogP contribution in [0.3, 0.4) is 0 Å². The number of nitro groups is 1.